The highest BCUT2D eigenvalue weighted by Crippen LogP contribution is 2.37. The average Bonchev–Trinajstić information content (AvgIpc) is 2.67. The number of carbonyl (C=O) groups is 3. The van der Waals surface area contributed by atoms with E-state index in [4.69, 9.17) is 46.3 Å². The zero-order valence-electron chi connectivity index (χ0n) is 17.1. The van der Waals surface area contributed by atoms with Gasteiger partial charge in [0.05, 0.1) is 29.8 Å². The van der Waals surface area contributed by atoms with Crippen LogP contribution in [-0.4, -0.2) is 63.6 Å². The Morgan fingerprint density at radius 1 is 1.10 bits per heavy atom. The van der Waals surface area contributed by atoms with Gasteiger partial charge in [-0.25, -0.2) is 0 Å². The van der Waals surface area contributed by atoms with E-state index < -0.39 is 34.6 Å². The predicted octanol–water partition coefficient (Wildman–Crippen LogP) is 1.13. The number of nitrogens with two attached hydrogens (primary N) is 2. The second-order valence-corrected chi connectivity index (χ2v) is 9.94. The Kier molecular flexibility index (Phi) is 9.96. The van der Waals surface area contributed by atoms with Crippen molar-refractivity contribution in [3.8, 4) is 0 Å². The second kappa shape index (κ2) is 12.0. The number of hydrogen-bond acceptors (Lipinski definition) is 4. The Balaban J connectivity index is 1.91. The molecule has 0 saturated heterocycles. The number of halogens is 3. The molecule has 2 fully saturated rings. The molecule has 0 radical (unpaired) electrons. The van der Waals surface area contributed by atoms with E-state index in [0.717, 1.165) is 12.8 Å². The summed E-state index contributed by atoms with van der Waals surface area (Å²) in [5.41, 5.74) is 10.8. The predicted molar refractivity (Wildman–Crippen MR) is 120 cm³/mol. The van der Waals surface area contributed by atoms with E-state index in [1.165, 1.54) is 0 Å². The molecule has 0 bridgehead atoms. The van der Waals surface area contributed by atoms with Gasteiger partial charge in [0.15, 0.2) is 5.96 Å². The lowest BCUT2D eigenvalue weighted by Crippen LogP contribution is -2.52. The number of carbonyl (C=O) groups excluding carboxylic acids is 2. The van der Waals surface area contributed by atoms with Gasteiger partial charge in [0.2, 0.25) is 11.8 Å². The highest BCUT2D eigenvalue weighted by Gasteiger charge is 2.40. The van der Waals surface area contributed by atoms with Crippen molar-refractivity contribution in [2.45, 2.75) is 73.2 Å². The Morgan fingerprint density at radius 2 is 1.81 bits per heavy atom. The van der Waals surface area contributed by atoms with Crippen LogP contribution < -0.4 is 22.1 Å². The van der Waals surface area contributed by atoms with Gasteiger partial charge in [-0.1, -0.05) is 6.42 Å². The van der Waals surface area contributed by atoms with E-state index in [0.29, 0.717) is 25.7 Å². The molecule has 9 nitrogen and oxygen atoms in total. The van der Waals surface area contributed by atoms with Gasteiger partial charge in [0.25, 0.3) is 0 Å². The molecule has 12 heteroatoms. The van der Waals surface area contributed by atoms with Crippen LogP contribution >= 0.6 is 34.8 Å². The molecule has 7 atom stereocenters. The van der Waals surface area contributed by atoms with Crippen molar-refractivity contribution in [3.05, 3.63) is 0 Å². The second-order valence-electron chi connectivity index (χ2n) is 8.25. The van der Waals surface area contributed by atoms with E-state index >= 15 is 0 Å². The molecule has 2 amide bonds. The van der Waals surface area contributed by atoms with E-state index in [2.05, 4.69) is 15.6 Å². The maximum atomic E-state index is 12.5. The van der Waals surface area contributed by atoms with E-state index in [1.807, 2.05) is 0 Å². The Morgan fingerprint density at radius 3 is 2.45 bits per heavy atom. The lowest BCUT2D eigenvalue weighted by molar-refractivity contribution is -0.138. The van der Waals surface area contributed by atoms with E-state index in [1.54, 1.807) is 0 Å². The summed E-state index contributed by atoms with van der Waals surface area (Å²) >= 11 is 18.9. The number of rotatable bonds is 8. The molecular weight excluding hydrogens is 469 g/mol. The molecule has 0 aromatic rings. The first-order valence-electron chi connectivity index (χ1n) is 10.4. The highest BCUT2D eigenvalue weighted by molar-refractivity contribution is 6.31. The van der Waals surface area contributed by atoms with Gasteiger partial charge >= 0.3 is 5.97 Å². The molecule has 0 aliphatic heterocycles. The summed E-state index contributed by atoms with van der Waals surface area (Å²) in [5, 5.41) is 13.4. The highest BCUT2D eigenvalue weighted by atomic mass is 35.5. The molecule has 2 rings (SSSR count). The van der Waals surface area contributed by atoms with Crippen LogP contribution in [0.3, 0.4) is 0 Å². The molecular formula is C19H30Cl3N5O4. The van der Waals surface area contributed by atoms with Crippen LogP contribution in [0.15, 0.2) is 4.99 Å². The number of alkyl halides is 3. The van der Waals surface area contributed by atoms with Gasteiger partial charge in [0.1, 0.15) is 0 Å². The molecule has 0 heterocycles. The van der Waals surface area contributed by atoms with E-state index in [-0.39, 0.29) is 42.2 Å². The van der Waals surface area contributed by atoms with Crippen molar-refractivity contribution in [2.75, 3.05) is 6.54 Å². The number of guanidine groups is 1. The third-order valence-corrected chi connectivity index (χ3v) is 7.36. The zero-order valence-corrected chi connectivity index (χ0v) is 19.4. The topological polar surface area (TPSA) is 160 Å². The molecule has 0 spiro atoms. The van der Waals surface area contributed by atoms with Crippen LogP contribution in [0.1, 0.15) is 44.9 Å². The van der Waals surface area contributed by atoms with Gasteiger partial charge < -0.3 is 27.2 Å². The smallest absolute Gasteiger partial charge is 0.305 e. The first-order chi connectivity index (χ1) is 14.6. The van der Waals surface area contributed by atoms with Crippen LogP contribution in [0, 0.1) is 11.8 Å². The van der Waals surface area contributed by atoms with Crippen molar-refractivity contribution >= 4 is 58.5 Å². The Labute approximate surface area is 196 Å². The molecule has 176 valence electrons. The fourth-order valence-electron chi connectivity index (χ4n) is 4.35. The first kappa shape index (κ1) is 25.8. The minimum absolute atomic E-state index is 0.00594. The summed E-state index contributed by atoms with van der Waals surface area (Å²) in [4.78, 5) is 40.4. The maximum Gasteiger partial charge on any atom is 0.305 e. The third kappa shape index (κ3) is 8.20. The molecule has 0 aromatic carbocycles. The number of aliphatic carboxylic acids is 1. The number of carboxylic acid groups (broad SMARTS) is 1. The molecule has 0 aromatic heterocycles. The normalized spacial score (nSPS) is 31.8. The fourth-order valence-corrected chi connectivity index (χ4v) is 5.62. The number of aliphatic imine (C=N–C) groups is 1. The molecule has 31 heavy (non-hydrogen) atoms. The maximum absolute atomic E-state index is 12.5. The van der Waals surface area contributed by atoms with Crippen molar-refractivity contribution in [2.24, 2.45) is 28.3 Å². The number of hydrogen-bond donors (Lipinski definition) is 5. The summed E-state index contributed by atoms with van der Waals surface area (Å²) < 4.78 is 0. The average molecular weight is 499 g/mol. The Hall–Kier alpha value is -1.45. The van der Waals surface area contributed by atoms with Gasteiger partial charge in [-0.15, -0.1) is 34.8 Å². The third-order valence-electron chi connectivity index (χ3n) is 5.79. The molecule has 2 saturated carbocycles. The number of amides is 2. The van der Waals surface area contributed by atoms with Crippen molar-refractivity contribution in [1.82, 2.24) is 10.6 Å². The zero-order chi connectivity index (χ0) is 23.1. The molecule has 2 aliphatic carbocycles. The lowest BCUT2D eigenvalue weighted by Gasteiger charge is -2.38. The summed E-state index contributed by atoms with van der Waals surface area (Å²) in [6, 6.07) is -0.852. The van der Waals surface area contributed by atoms with Crippen LogP contribution in [0.25, 0.3) is 0 Å². The summed E-state index contributed by atoms with van der Waals surface area (Å²) in [6.07, 6.45) is 3.46. The van der Waals surface area contributed by atoms with Crippen LogP contribution in [-0.2, 0) is 14.4 Å². The number of nitrogens with one attached hydrogen (secondary N) is 2. The molecule has 7 N–H and O–H groups in total. The van der Waals surface area contributed by atoms with Crippen molar-refractivity contribution in [1.29, 1.82) is 0 Å². The summed E-state index contributed by atoms with van der Waals surface area (Å²) in [6.45, 7) is -0.271. The summed E-state index contributed by atoms with van der Waals surface area (Å²) in [5.74, 6) is -2.51. The summed E-state index contributed by atoms with van der Waals surface area (Å²) in [7, 11) is 0. The number of nitrogens with zero attached hydrogens (tertiary/aromatic N) is 1. The monoisotopic (exact) mass is 497 g/mol. The van der Waals surface area contributed by atoms with E-state index in [9.17, 15) is 19.5 Å². The fraction of sp³-hybridized carbons (Fsp3) is 0.789. The van der Waals surface area contributed by atoms with Gasteiger partial charge in [-0.2, -0.15) is 0 Å². The van der Waals surface area contributed by atoms with Gasteiger partial charge in [-0.05, 0) is 38.0 Å². The van der Waals surface area contributed by atoms with Gasteiger partial charge in [-0.3, -0.25) is 19.4 Å². The van der Waals surface area contributed by atoms with Crippen LogP contribution in [0.5, 0.6) is 0 Å². The van der Waals surface area contributed by atoms with Crippen LogP contribution in [0.4, 0.5) is 0 Å². The lowest BCUT2D eigenvalue weighted by atomic mass is 9.81. The standard InChI is InChI=1S/C19H30Cl3N5O4/c20-10-5-12(17(22)13(21)6-10)14(7-16(29)30)27-15(28)8-25-18(31)9-2-1-3-11(4-9)26-19(23)24/h9-14,17H,1-8H2,(H,25,31)(H,27,28)(H,29,30)(H4,23,24,26). The van der Waals surface area contributed by atoms with Crippen LogP contribution in [0.2, 0.25) is 0 Å². The van der Waals surface area contributed by atoms with Gasteiger partial charge in [0, 0.05) is 17.3 Å². The molecule has 2 aliphatic rings. The van der Waals surface area contributed by atoms with Crippen molar-refractivity contribution in [3.63, 3.8) is 0 Å². The quantitative estimate of drug-likeness (QED) is 0.191. The Bertz CT molecular complexity index is 691. The first-order valence-corrected chi connectivity index (χ1v) is 11.7. The largest absolute Gasteiger partial charge is 0.481 e. The molecule has 7 unspecified atom stereocenters. The minimum Gasteiger partial charge on any atom is -0.481 e. The van der Waals surface area contributed by atoms with Crippen molar-refractivity contribution < 1.29 is 19.5 Å². The SMILES string of the molecule is NC(N)=NC1CCCC(C(=O)NCC(=O)NC(CC(=O)O)C2CC(Cl)CC(Cl)C2Cl)C1. The number of carboxylic acids is 1. The minimum atomic E-state index is -1.08.